The van der Waals surface area contributed by atoms with Gasteiger partial charge >= 0.3 is 0 Å². The van der Waals surface area contributed by atoms with Crippen LogP contribution in [0, 0.1) is 0 Å². The van der Waals surface area contributed by atoms with E-state index in [0.717, 1.165) is 23.5 Å². The molecule has 2 aromatic rings. The first-order chi connectivity index (χ1) is 11.3. The van der Waals surface area contributed by atoms with Crippen LogP contribution in [0.3, 0.4) is 0 Å². The average Bonchev–Trinajstić information content (AvgIpc) is 2.60. The lowest BCUT2D eigenvalue weighted by atomic mass is 10.1. The zero-order valence-electron chi connectivity index (χ0n) is 13.8. The molecule has 0 fully saturated rings. The number of aryl methyl sites for hydroxylation is 1. The molecule has 4 N–H and O–H groups in total. The molecule has 0 amide bonds. The maximum Gasteiger partial charge on any atom is 0.119 e. The van der Waals surface area contributed by atoms with Crippen molar-refractivity contribution in [3.63, 3.8) is 0 Å². The zero-order valence-corrected chi connectivity index (χ0v) is 13.8. The van der Waals surface area contributed by atoms with Crippen molar-refractivity contribution < 1.29 is 4.74 Å². The Morgan fingerprint density at radius 1 is 0.870 bits per heavy atom. The van der Waals surface area contributed by atoms with Gasteiger partial charge in [0.15, 0.2) is 0 Å². The van der Waals surface area contributed by atoms with Crippen molar-refractivity contribution in [2.24, 2.45) is 5.73 Å². The Morgan fingerprint density at radius 3 is 2.04 bits per heavy atom. The van der Waals surface area contributed by atoms with Crippen molar-refractivity contribution >= 4 is 11.4 Å². The SMILES string of the molecule is CCCCCc1ccc(NNc2ccc(OCCN)cc2)cc1. The smallest absolute Gasteiger partial charge is 0.119 e. The first-order valence-corrected chi connectivity index (χ1v) is 8.35. The molecule has 4 nitrogen and oxygen atoms in total. The van der Waals surface area contributed by atoms with Crippen LogP contribution < -0.4 is 21.3 Å². The summed E-state index contributed by atoms with van der Waals surface area (Å²) in [4.78, 5) is 0. The van der Waals surface area contributed by atoms with E-state index in [1.807, 2.05) is 24.3 Å². The highest BCUT2D eigenvalue weighted by Crippen LogP contribution is 2.17. The number of hydrogen-bond donors (Lipinski definition) is 3. The molecule has 0 atom stereocenters. The van der Waals surface area contributed by atoms with Gasteiger partial charge in [0, 0.05) is 6.54 Å². The van der Waals surface area contributed by atoms with Gasteiger partial charge in [-0.15, -0.1) is 0 Å². The lowest BCUT2D eigenvalue weighted by Gasteiger charge is -2.11. The minimum Gasteiger partial charge on any atom is -0.492 e. The van der Waals surface area contributed by atoms with Crippen LogP contribution in [0.25, 0.3) is 0 Å². The van der Waals surface area contributed by atoms with E-state index in [0.29, 0.717) is 13.2 Å². The van der Waals surface area contributed by atoms with Crippen LogP contribution in [0.2, 0.25) is 0 Å². The summed E-state index contributed by atoms with van der Waals surface area (Å²) in [5.74, 6) is 0.831. The van der Waals surface area contributed by atoms with Gasteiger partial charge in [-0.1, -0.05) is 31.9 Å². The summed E-state index contributed by atoms with van der Waals surface area (Å²) in [6, 6.07) is 16.4. The maximum atomic E-state index is 5.45. The number of ether oxygens (including phenoxy) is 1. The van der Waals surface area contributed by atoms with E-state index < -0.39 is 0 Å². The maximum absolute atomic E-state index is 5.45. The van der Waals surface area contributed by atoms with Gasteiger partial charge in [-0.3, -0.25) is 0 Å². The van der Waals surface area contributed by atoms with E-state index in [2.05, 4.69) is 42.0 Å². The fourth-order valence-corrected chi connectivity index (χ4v) is 2.29. The lowest BCUT2D eigenvalue weighted by Crippen LogP contribution is -2.11. The van der Waals surface area contributed by atoms with Crippen LogP contribution >= 0.6 is 0 Å². The number of hydrogen-bond acceptors (Lipinski definition) is 4. The van der Waals surface area contributed by atoms with Gasteiger partial charge in [0.1, 0.15) is 12.4 Å². The topological polar surface area (TPSA) is 59.3 Å². The molecular weight excluding hydrogens is 286 g/mol. The Labute approximate surface area is 139 Å². The van der Waals surface area contributed by atoms with Crippen molar-refractivity contribution in [3.8, 4) is 5.75 Å². The summed E-state index contributed by atoms with van der Waals surface area (Å²) in [5, 5.41) is 0. The van der Waals surface area contributed by atoms with E-state index in [1.165, 1.54) is 24.8 Å². The molecule has 4 heteroatoms. The third-order valence-electron chi connectivity index (χ3n) is 3.62. The minimum atomic E-state index is 0.524. The molecule has 23 heavy (non-hydrogen) atoms. The third kappa shape index (κ3) is 6.20. The summed E-state index contributed by atoms with van der Waals surface area (Å²) < 4.78 is 5.45. The standard InChI is InChI=1S/C19H27N3O/c1-2-3-4-5-16-6-8-17(9-7-16)21-22-18-10-12-19(13-11-18)23-15-14-20/h6-13,21-22H,2-5,14-15,20H2,1H3. The molecule has 2 rings (SSSR count). The van der Waals surface area contributed by atoms with Crippen LogP contribution in [0.4, 0.5) is 11.4 Å². The Kier molecular flexibility index (Phi) is 7.27. The fraction of sp³-hybridized carbons (Fsp3) is 0.368. The molecule has 0 spiro atoms. The third-order valence-corrected chi connectivity index (χ3v) is 3.62. The molecule has 0 aromatic heterocycles. The van der Waals surface area contributed by atoms with Crippen molar-refractivity contribution in [1.82, 2.24) is 0 Å². The summed E-state index contributed by atoms with van der Waals surface area (Å²) in [5.41, 5.74) is 15.2. The first kappa shape index (κ1) is 17.2. The Balaban J connectivity index is 1.78. The second-order valence-electron chi connectivity index (χ2n) is 5.57. The van der Waals surface area contributed by atoms with Gasteiger partial charge in [-0.05, 0) is 54.8 Å². The van der Waals surface area contributed by atoms with Crippen molar-refractivity contribution in [2.45, 2.75) is 32.6 Å². The van der Waals surface area contributed by atoms with Crippen LogP contribution in [0.5, 0.6) is 5.75 Å². The molecule has 0 aliphatic rings. The monoisotopic (exact) mass is 313 g/mol. The molecular formula is C19H27N3O. The van der Waals surface area contributed by atoms with E-state index >= 15 is 0 Å². The van der Waals surface area contributed by atoms with Crippen molar-refractivity contribution in [1.29, 1.82) is 0 Å². The molecule has 0 aliphatic heterocycles. The van der Waals surface area contributed by atoms with E-state index in [4.69, 9.17) is 10.5 Å². The first-order valence-electron chi connectivity index (χ1n) is 8.35. The Morgan fingerprint density at radius 2 is 1.48 bits per heavy atom. The normalized spacial score (nSPS) is 10.3. The van der Waals surface area contributed by atoms with Gasteiger partial charge in [0.2, 0.25) is 0 Å². The predicted molar refractivity (Wildman–Crippen MR) is 97.9 cm³/mol. The number of nitrogens with one attached hydrogen (secondary N) is 2. The number of nitrogens with two attached hydrogens (primary N) is 1. The summed E-state index contributed by atoms with van der Waals surface area (Å²) >= 11 is 0. The van der Waals surface area contributed by atoms with Gasteiger partial charge in [-0.25, -0.2) is 0 Å². The molecule has 0 bridgehead atoms. The van der Waals surface area contributed by atoms with E-state index in [-0.39, 0.29) is 0 Å². The highest BCUT2D eigenvalue weighted by Gasteiger charge is 1.97. The molecule has 0 heterocycles. The average molecular weight is 313 g/mol. The number of anilines is 2. The van der Waals surface area contributed by atoms with Crippen LogP contribution in [0.1, 0.15) is 31.7 Å². The molecule has 124 valence electrons. The van der Waals surface area contributed by atoms with Crippen LogP contribution in [-0.2, 0) is 6.42 Å². The number of benzene rings is 2. The Hall–Kier alpha value is -2.20. The van der Waals surface area contributed by atoms with Crippen molar-refractivity contribution in [3.05, 3.63) is 54.1 Å². The van der Waals surface area contributed by atoms with Crippen molar-refractivity contribution in [2.75, 3.05) is 24.0 Å². The second-order valence-corrected chi connectivity index (χ2v) is 5.57. The van der Waals surface area contributed by atoms with E-state index in [1.54, 1.807) is 0 Å². The largest absolute Gasteiger partial charge is 0.492 e. The Bertz CT molecular complexity index is 552. The van der Waals surface area contributed by atoms with Gasteiger partial charge in [0.25, 0.3) is 0 Å². The number of rotatable bonds is 10. The van der Waals surface area contributed by atoms with Gasteiger partial charge < -0.3 is 21.3 Å². The molecule has 0 saturated carbocycles. The van der Waals surface area contributed by atoms with Gasteiger partial charge in [0.05, 0.1) is 11.4 Å². The van der Waals surface area contributed by atoms with Gasteiger partial charge in [-0.2, -0.15) is 0 Å². The predicted octanol–water partition coefficient (Wildman–Crippen LogP) is 4.20. The number of unbranched alkanes of at least 4 members (excludes halogenated alkanes) is 2. The summed E-state index contributed by atoms with van der Waals surface area (Å²) in [7, 11) is 0. The fourth-order valence-electron chi connectivity index (χ4n) is 2.29. The number of hydrazine groups is 1. The highest BCUT2D eigenvalue weighted by atomic mass is 16.5. The molecule has 0 aliphatic carbocycles. The lowest BCUT2D eigenvalue weighted by molar-refractivity contribution is 0.328. The van der Waals surface area contributed by atoms with Crippen LogP contribution in [0.15, 0.2) is 48.5 Å². The summed E-state index contributed by atoms with van der Waals surface area (Å²) in [6.07, 6.45) is 4.98. The molecule has 0 saturated heterocycles. The van der Waals surface area contributed by atoms with Crippen LogP contribution in [-0.4, -0.2) is 13.2 Å². The zero-order chi connectivity index (χ0) is 16.3. The quantitative estimate of drug-likeness (QED) is 0.454. The van der Waals surface area contributed by atoms with E-state index in [9.17, 15) is 0 Å². The molecule has 0 radical (unpaired) electrons. The molecule has 2 aromatic carbocycles. The second kappa shape index (κ2) is 9.74. The summed E-state index contributed by atoms with van der Waals surface area (Å²) in [6.45, 7) is 3.29. The highest BCUT2D eigenvalue weighted by molar-refractivity contribution is 5.54. The minimum absolute atomic E-state index is 0.524. The molecule has 0 unspecified atom stereocenters.